The van der Waals surface area contributed by atoms with Gasteiger partial charge in [-0.25, -0.2) is 4.98 Å². The van der Waals surface area contributed by atoms with Crippen molar-refractivity contribution in [1.29, 1.82) is 0 Å². The molecule has 2 rings (SSSR count). The predicted molar refractivity (Wildman–Crippen MR) is 62.1 cm³/mol. The molecule has 0 aliphatic heterocycles. The lowest BCUT2D eigenvalue weighted by molar-refractivity contribution is 0.282. The van der Waals surface area contributed by atoms with Crippen molar-refractivity contribution in [3.63, 3.8) is 0 Å². The van der Waals surface area contributed by atoms with Crippen molar-refractivity contribution in [1.82, 2.24) is 4.98 Å². The minimum Gasteiger partial charge on any atom is -0.392 e. The smallest absolute Gasteiger partial charge is 0.132 e. The molecule has 0 aliphatic carbocycles. The number of benzene rings is 1. The molecule has 0 saturated heterocycles. The van der Waals surface area contributed by atoms with E-state index >= 15 is 0 Å². The highest BCUT2D eigenvalue weighted by Crippen LogP contribution is 2.21. The van der Waals surface area contributed by atoms with Crippen LogP contribution in [0.4, 0.5) is 0 Å². The average molecular weight is 222 g/mol. The highest BCUT2D eigenvalue weighted by atomic mass is 35.5. The molecule has 0 amide bonds. The number of aromatic nitrogens is 1. The van der Waals surface area contributed by atoms with Gasteiger partial charge in [0, 0.05) is 5.39 Å². The first-order valence-electron chi connectivity index (χ1n) is 4.93. The molecule has 78 valence electrons. The highest BCUT2D eigenvalue weighted by molar-refractivity contribution is 6.30. The Labute approximate surface area is 93.5 Å². The van der Waals surface area contributed by atoms with Gasteiger partial charge in [0.15, 0.2) is 0 Å². The predicted octanol–water partition coefficient (Wildman–Crippen LogP) is 2.94. The Morgan fingerprint density at radius 1 is 1.33 bits per heavy atom. The lowest BCUT2D eigenvalue weighted by Crippen LogP contribution is -1.90. The monoisotopic (exact) mass is 221 g/mol. The van der Waals surface area contributed by atoms with E-state index in [0.717, 1.165) is 28.5 Å². The molecule has 1 heterocycles. The van der Waals surface area contributed by atoms with Crippen molar-refractivity contribution >= 4 is 22.5 Å². The quantitative estimate of drug-likeness (QED) is 0.791. The number of fused-ring (bicyclic) bond motifs is 1. The summed E-state index contributed by atoms with van der Waals surface area (Å²) in [5.41, 5.74) is 2.75. The first-order chi connectivity index (χ1) is 7.24. The van der Waals surface area contributed by atoms with Crippen LogP contribution in [-0.2, 0) is 13.0 Å². The summed E-state index contributed by atoms with van der Waals surface area (Å²) < 4.78 is 0. The third-order valence-corrected chi connectivity index (χ3v) is 2.80. The van der Waals surface area contributed by atoms with Crippen LogP contribution < -0.4 is 0 Å². The van der Waals surface area contributed by atoms with Crippen LogP contribution in [-0.4, -0.2) is 10.1 Å². The van der Waals surface area contributed by atoms with Crippen molar-refractivity contribution in [3.05, 3.63) is 40.5 Å². The zero-order valence-electron chi connectivity index (χ0n) is 8.50. The Balaban J connectivity index is 2.65. The molecule has 2 nitrogen and oxygen atoms in total. The second-order valence-corrected chi connectivity index (χ2v) is 3.84. The molecule has 0 spiro atoms. The van der Waals surface area contributed by atoms with Gasteiger partial charge in [-0.3, -0.25) is 0 Å². The average Bonchev–Trinajstić information content (AvgIpc) is 2.27. The fourth-order valence-corrected chi connectivity index (χ4v) is 1.86. The van der Waals surface area contributed by atoms with Gasteiger partial charge in [0.25, 0.3) is 0 Å². The second-order valence-electron chi connectivity index (χ2n) is 3.48. The van der Waals surface area contributed by atoms with Gasteiger partial charge in [-0.05, 0) is 29.7 Å². The number of aliphatic hydroxyl groups excluding tert-OH is 1. The van der Waals surface area contributed by atoms with Crippen LogP contribution in [0.3, 0.4) is 0 Å². The van der Waals surface area contributed by atoms with E-state index in [2.05, 4.69) is 11.9 Å². The molecule has 0 unspecified atom stereocenters. The summed E-state index contributed by atoms with van der Waals surface area (Å²) in [5.74, 6) is 0. The zero-order valence-corrected chi connectivity index (χ0v) is 9.25. The number of aliphatic hydroxyl groups is 1. The molecule has 1 N–H and O–H groups in total. The summed E-state index contributed by atoms with van der Waals surface area (Å²) in [6.07, 6.45) is 0.878. The SMILES string of the molecule is CCc1cc2ccc(CO)cc2nc1Cl. The third kappa shape index (κ3) is 1.96. The number of hydrogen-bond donors (Lipinski definition) is 1. The molecule has 0 fully saturated rings. The van der Waals surface area contributed by atoms with Crippen LogP contribution in [0.15, 0.2) is 24.3 Å². The molecule has 15 heavy (non-hydrogen) atoms. The Morgan fingerprint density at radius 2 is 2.13 bits per heavy atom. The molecule has 0 saturated carbocycles. The maximum Gasteiger partial charge on any atom is 0.132 e. The Bertz CT molecular complexity index is 496. The van der Waals surface area contributed by atoms with Crippen molar-refractivity contribution in [2.45, 2.75) is 20.0 Å². The maximum atomic E-state index is 9.01. The lowest BCUT2D eigenvalue weighted by Gasteiger charge is -2.04. The van der Waals surface area contributed by atoms with Gasteiger partial charge >= 0.3 is 0 Å². The summed E-state index contributed by atoms with van der Waals surface area (Å²) in [4.78, 5) is 4.31. The zero-order chi connectivity index (χ0) is 10.8. The summed E-state index contributed by atoms with van der Waals surface area (Å²) in [6, 6.07) is 7.77. The van der Waals surface area contributed by atoms with Crippen molar-refractivity contribution in [3.8, 4) is 0 Å². The first kappa shape index (κ1) is 10.4. The van der Waals surface area contributed by atoms with Crippen LogP contribution in [0.25, 0.3) is 10.9 Å². The highest BCUT2D eigenvalue weighted by Gasteiger charge is 2.03. The molecule has 0 bridgehead atoms. The van der Waals surface area contributed by atoms with E-state index in [0.29, 0.717) is 5.15 Å². The number of nitrogens with zero attached hydrogens (tertiary/aromatic N) is 1. The number of rotatable bonds is 2. The largest absolute Gasteiger partial charge is 0.392 e. The van der Waals surface area contributed by atoms with Gasteiger partial charge in [0.05, 0.1) is 12.1 Å². The van der Waals surface area contributed by atoms with E-state index in [1.54, 1.807) is 0 Å². The molecule has 3 heteroatoms. The number of hydrogen-bond acceptors (Lipinski definition) is 2. The van der Waals surface area contributed by atoms with Gasteiger partial charge in [0.1, 0.15) is 5.15 Å². The molecular formula is C12H12ClNO. The van der Waals surface area contributed by atoms with Crippen molar-refractivity contribution < 1.29 is 5.11 Å². The van der Waals surface area contributed by atoms with E-state index in [-0.39, 0.29) is 6.61 Å². The number of aryl methyl sites for hydroxylation is 1. The van der Waals surface area contributed by atoms with Crippen LogP contribution in [0.2, 0.25) is 5.15 Å². The normalized spacial score (nSPS) is 10.9. The molecule has 1 aromatic carbocycles. The van der Waals surface area contributed by atoms with E-state index in [9.17, 15) is 0 Å². The Hall–Kier alpha value is -1.12. The molecule has 0 aliphatic rings. The summed E-state index contributed by atoms with van der Waals surface area (Å²) in [6.45, 7) is 2.08. The summed E-state index contributed by atoms with van der Waals surface area (Å²) in [7, 11) is 0. The van der Waals surface area contributed by atoms with E-state index in [1.807, 2.05) is 24.3 Å². The Morgan fingerprint density at radius 3 is 2.80 bits per heavy atom. The molecule has 2 aromatic rings. The fourth-order valence-electron chi connectivity index (χ4n) is 1.58. The van der Waals surface area contributed by atoms with Crippen molar-refractivity contribution in [2.24, 2.45) is 0 Å². The van der Waals surface area contributed by atoms with Gasteiger partial charge < -0.3 is 5.11 Å². The summed E-state index contributed by atoms with van der Waals surface area (Å²) >= 11 is 6.03. The molecule has 0 atom stereocenters. The van der Waals surface area contributed by atoms with Crippen LogP contribution >= 0.6 is 11.6 Å². The maximum absolute atomic E-state index is 9.01. The first-order valence-corrected chi connectivity index (χ1v) is 5.31. The van der Waals surface area contributed by atoms with Gasteiger partial charge in [-0.2, -0.15) is 0 Å². The second kappa shape index (κ2) is 4.17. The Kier molecular flexibility index (Phi) is 2.89. The third-order valence-electron chi connectivity index (χ3n) is 2.47. The van der Waals surface area contributed by atoms with E-state index < -0.39 is 0 Å². The van der Waals surface area contributed by atoms with Crippen LogP contribution in [0.5, 0.6) is 0 Å². The van der Waals surface area contributed by atoms with Gasteiger partial charge in [0.2, 0.25) is 0 Å². The lowest BCUT2D eigenvalue weighted by atomic mass is 10.1. The number of halogens is 1. The topological polar surface area (TPSA) is 33.1 Å². The minimum absolute atomic E-state index is 0.0325. The van der Waals surface area contributed by atoms with Crippen LogP contribution in [0, 0.1) is 0 Å². The molecular weight excluding hydrogens is 210 g/mol. The number of pyridine rings is 1. The van der Waals surface area contributed by atoms with Gasteiger partial charge in [-0.15, -0.1) is 0 Å². The fraction of sp³-hybridized carbons (Fsp3) is 0.250. The molecule has 0 radical (unpaired) electrons. The van der Waals surface area contributed by atoms with E-state index in [1.165, 1.54) is 0 Å². The van der Waals surface area contributed by atoms with Gasteiger partial charge in [-0.1, -0.05) is 30.7 Å². The molecule has 1 aromatic heterocycles. The van der Waals surface area contributed by atoms with Crippen LogP contribution in [0.1, 0.15) is 18.1 Å². The standard InChI is InChI=1S/C12H12ClNO/c1-2-9-6-10-4-3-8(7-15)5-11(10)14-12(9)13/h3-6,15H,2,7H2,1H3. The summed E-state index contributed by atoms with van der Waals surface area (Å²) in [5, 5.41) is 10.6. The van der Waals surface area contributed by atoms with E-state index in [4.69, 9.17) is 16.7 Å². The van der Waals surface area contributed by atoms with Crippen molar-refractivity contribution in [2.75, 3.05) is 0 Å². The minimum atomic E-state index is 0.0325.